The minimum Gasteiger partial charge on any atom is -0.371 e. The third-order valence-electron chi connectivity index (χ3n) is 4.12. The lowest BCUT2D eigenvalue weighted by Crippen LogP contribution is -2.48. The molecule has 0 saturated carbocycles. The van der Waals surface area contributed by atoms with E-state index in [0.29, 0.717) is 6.04 Å². The van der Waals surface area contributed by atoms with Gasteiger partial charge in [-0.05, 0) is 37.1 Å². The maximum Gasteiger partial charge on any atom is 0.141 e. The first-order valence-corrected chi connectivity index (χ1v) is 6.83. The molecule has 1 aromatic rings. The fourth-order valence-electron chi connectivity index (χ4n) is 3.01. The average Bonchev–Trinajstić information content (AvgIpc) is 2.46. The SMILES string of the molecule is N#Cc1ccc([C@H]2CN3CCCC[C@H]3CO2)cc1F.S.S. The van der Waals surface area contributed by atoms with Crippen LogP contribution in [0.3, 0.4) is 0 Å². The second kappa shape index (κ2) is 8.04. The highest BCUT2D eigenvalue weighted by Crippen LogP contribution is 2.30. The van der Waals surface area contributed by atoms with E-state index in [9.17, 15) is 4.39 Å². The Balaban J connectivity index is 0.00000110. The second-order valence-electron chi connectivity index (χ2n) is 5.32. The molecule has 0 aliphatic carbocycles. The number of ether oxygens (including phenoxy) is 1. The molecule has 0 aromatic heterocycles. The quantitative estimate of drug-likeness (QED) is 0.795. The number of halogens is 1. The number of morpholine rings is 1. The molecule has 116 valence electrons. The summed E-state index contributed by atoms with van der Waals surface area (Å²) < 4.78 is 19.5. The van der Waals surface area contributed by atoms with Gasteiger partial charge in [0.1, 0.15) is 11.9 Å². The van der Waals surface area contributed by atoms with Gasteiger partial charge in [0.2, 0.25) is 0 Å². The molecule has 6 heteroatoms. The lowest BCUT2D eigenvalue weighted by Gasteiger charge is -2.42. The highest BCUT2D eigenvalue weighted by atomic mass is 32.1. The first-order valence-electron chi connectivity index (χ1n) is 6.83. The van der Waals surface area contributed by atoms with Crippen LogP contribution in [-0.4, -0.2) is 30.6 Å². The maximum absolute atomic E-state index is 13.6. The lowest BCUT2D eigenvalue weighted by molar-refractivity contribution is -0.0767. The normalized spacial score (nSPS) is 25.0. The maximum atomic E-state index is 13.6. The topological polar surface area (TPSA) is 36.3 Å². The monoisotopic (exact) mass is 328 g/mol. The molecule has 2 aliphatic heterocycles. The van der Waals surface area contributed by atoms with E-state index in [4.69, 9.17) is 10.00 Å². The summed E-state index contributed by atoms with van der Waals surface area (Å²) in [4.78, 5) is 2.45. The minimum absolute atomic E-state index is 0. The summed E-state index contributed by atoms with van der Waals surface area (Å²) in [5.74, 6) is -0.454. The van der Waals surface area contributed by atoms with Gasteiger partial charge < -0.3 is 4.74 Å². The third kappa shape index (κ3) is 3.92. The molecular weight excluding hydrogens is 307 g/mol. The Hall–Kier alpha value is -0.740. The van der Waals surface area contributed by atoms with Crippen LogP contribution < -0.4 is 0 Å². The van der Waals surface area contributed by atoms with Crippen molar-refractivity contribution in [1.82, 2.24) is 4.90 Å². The number of hydrogen-bond donors (Lipinski definition) is 0. The Kier molecular flexibility index (Phi) is 7.01. The van der Waals surface area contributed by atoms with Crippen molar-refractivity contribution in [2.24, 2.45) is 0 Å². The van der Waals surface area contributed by atoms with Crippen LogP contribution in [0.5, 0.6) is 0 Å². The largest absolute Gasteiger partial charge is 0.371 e. The molecular formula is C15H21FN2OS2. The number of benzene rings is 1. The minimum atomic E-state index is -0.454. The number of fused-ring (bicyclic) bond motifs is 1. The third-order valence-corrected chi connectivity index (χ3v) is 4.12. The van der Waals surface area contributed by atoms with Gasteiger partial charge in [-0.2, -0.15) is 32.3 Å². The summed E-state index contributed by atoms with van der Waals surface area (Å²) in [6.45, 7) is 2.67. The molecule has 3 nitrogen and oxygen atoms in total. The Labute approximate surface area is 139 Å². The molecule has 21 heavy (non-hydrogen) atoms. The average molecular weight is 328 g/mol. The smallest absolute Gasteiger partial charge is 0.141 e. The summed E-state index contributed by atoms with van der Waals surface area (Å²) in [6, 6.07) is 7.16. The van der Waals surface area contributed by atoms with Crippen LogP contribution >= 0.6 is 27.0 Å². The fourth-order valence-corrected chi connectivity index (χ4v) is 3.01. The van der Waals surface area contributed by atoms with E-state index in [1.54, 1.807) is 6.07 Å². The standard InChI is InChI=1S/C15H17FN2O.2H2S/c16-14-7-11(4-5-12(14)8-17)15-9-18-6-2-1-3-13(18)10-19-15;;/h4-5,7,13,15H,1-3,6,9-10H2;2*1H2/t13-,15+;;/m0../s1. The van der Waals surface area contributed by atoms with E-state index < -0.39 is 5.82 Å². The molecule has 0 amide bonds. The van der Waals surface area contributed by atoms with Crippen LogP contribution in [0.4, 0.5) is 4.39 Å². The van der Waals surface area contributed by atoms with Gasteiger partial charge in [-0.15, -0.1) is 0 Å². The van der Waals surface area contributed by atoms with Crippen LogP contribution in [0.1, 0.15) is 36.5 Å². The number of piperidine rings is 1. The van der Waals surface area contributed by atoms with Crippen molar-refractivity contribution in [3.8, 4) is 6.07 Å². The van der Waals surface area contributed by atoms with Gasteiger partial charge in [0, 0.05) is 12.6 Å². The molecule has 2 aliphatic rings. The highest BCUT2D eigenvalue weighted by Gasteiger charge is 2.31. The van der Waals surface area contributed by atoms with E-state index >= 15 is 0 Å². The molecule has 0 unspecified atom stereocenters. The first-order chi connectivity index (χ1) is 9.28. The molecule has 0 spiro atoms. The molecule has 3 rings (SSSR count). The van der Waals surface area contributed by atoms with Crippen LogP contribution in [0.25, 0.3) is 0 Å². The van der Waals surface area contributed by atoms with Crippen LogP contribution in [0.15, 0.2) is 18.2 Å². The van der Waals surface area contributed by atoms with Gasteiger partial charge in [0.15, 0.2) is 0 Å². The Morgan fingerprint density at radius 1 is 1.29 bits per heavy atom. The van der Waals surface area contributed by atoms with Crippen molar-refractivity contribution in [2.75, 3.05) is 19.7 Å². The summed E-state index contributed by atoms with van der Waals surface area (Å²) in [7, 11) is 0. The molecule has 1 aromatic carbocycles. The molecule has 2 saturated heterocycles. The second-order valence-corrected chi connectivity index (χ2v) is 5.32. The van der Waals surface area contributed by atoms with Crippen molar-refractivity contribution in [1.29, 1.82) is 5.26 Å². The van der Waals surface area contributed by atoms with Crippen LogP contribution in [0.2, 0.25) is 0 Å². The zero-order valence-electron chi connectivity index (χ0n) is 11.8. The van der Waals surface area contributed by atoms with Crippen LogP contribution in [-0.2, 0) is 4.74 Å². The van der Waals surface area contributed by atoms with E-state index in [1.807, 2.05) is 6.07 Å². The van der Waals surface area contributed by atoms with Crippen molar-refractivity contribution in [3.05, 3.63) is 35.1 Å². The predicted molar refractivity (Wildman–Crippen MR) is 89.8 cm³/mol. The first kappa shape index (κ1) is 18.3. The predicted octanol–water partition coefficient (Wildman–Crippen LogP) is 2.85. The van der Waals surface area contributed by atoms with Crippen molar-refractivity contribution in [3.63, 3.8) is 0 Å². The van der Waals surface area contributed by atoms with Gasteiger partial charge in [0.05, 0.1) is 18.3 Å². The molecule has 2 fully saturated rings. The van der Waals surface area contributed by atoms with Gasteiger partial charge >= 0.3 is 0 Å². The number of nitrogens with zero attached hydrogens (tertiary/aromatic N) is 2. The summed E-state index contributed by atoms with van der Waals surface area (Å²) in [5.41, 5.74) is 0.927. The highest BCUT2D eigenvalue weighted by molar-refractivity contribution is 7.59. The Morgan fingerprint density at radius 3 is 2.81 bits per heavy atom. The molecule has 2 heterocycles. The number of nitriles is 1. The number of rotatable bonds is 1. The summed E-state index contributed by atoms with van der Waals surface area (Å²) in [6.07, 6.45) is 3.65. The van der Waals surface area contributed by atoms with Gasteiger partial charge in [-0.3, -0.25) is 4.90 Å². The van der Waals surface area contributed by atoms with Crippen LogP contribution in [0, 0.1) is 17.1 Å². The fraction of sp³-hybridized carbons (Fsp3) is 0.533. The van der Waals surface area contributed by atoms with Crippen molar-refractivity contribution >= 4 is 27.0 Å². The van der Waals surface area contributed by atoms with E-state index in [2.05, 4.69) is 4.90 Å². The zero-order valence-corrected chi connectivity index (χ0v) is 13.8. The van der Waals surface area contributed by atoms with Crippen molar-refractivity contribution < 1.29 is 9.13 Å². The lowest BCUT2D eigenvalue weighted by atomic mass is 9.98. The molecule has 0 N–H and O–H groups in total. The van der Waals surface area contributed by atoms with E-state index in [0.717, 1.165) is 25.3 Å². The van der Waals surface area contributed by atoms with Gasteiger partial charge in [-0.25, -0.2) is 4.39 Å². The zero-order chi connectivity index (χ0) is 13.2. The molecule has 2 atom stereocenters. The van der Waals surface area contributed by atoms with E-state index in [-0.39, 0.29) is 38.7 Å². The summed E-state index contributed by atoms with van der Waals surface area (Å²) in [5, 5.41) is 8.74. The van der Waals surface area contributed by atoms with Crippen molar-refractivity contribution in [2.45, 2.75) is 31.4 Å². The van der Waals surface area contributed by atoms with Gasteiger partial charge in [-0.1, -0.05) is 12.5 Å². The van der Waals surface area contributed by atoms with Gasteiger partial charge in [0.25, 0.3) is 0 Å². The Bertz CT molecular complexity index is 521. The Morgan fingerprint density at radius 2 is 2.10 bits per heavy atom. The molecule has 0 radical (unpaired) electrons. The summed E-state index contributed by atoms with van der Waals surface area (Å²) >= 11 is 0. The van der Waals surface area contributed by atoms with E-state index in [1.165, 1.54) is 31.4 Å². The number of hydrogen-bond acceptors (Lipinski definition) is 3. The molecule has 0 bridgehead atoms.